The van der Waals surface area contributed by atoms with Crippen molar-refractivity contribution in [2.75, 3.05) is 62.9 Å². The van der Waals surface area contributed by atoms with Crippen molar-refractivity contribution in [3.63, 3.8) is 0 Å². The number of aryl methyl sites for hydroxylation is 1. The molecule has 3 saturated heterocycles. The van der Waals surface area contributed by atoms with Crippen LogP contribution in [0.5, 0.6) is 5.75 Å². The Morgan fingerprint density at radius 2 is 1.79 bits per heavy atom. The Hall–Kier alpha value is -1.93. The summed E-state index contributed by atoms with van der Waals surface area (Å²) in [5, 5.41) is 3.32. The van der Waals surface area contributed by atoms with E-state index in [-0.39, 0.29) is 15.9 Å². The highest BCUT2D eigenvalue weighted by Gasteiger charge is 2.53. The summed E-state index contributed by atoms with van der Waals surface area (Å²) >= 11 is 10.5. The van der Waals surface area contributed by atoms with E-state index >= 15 is 0 Å². The number of ether oxygens (including phenoxy) is 3. The maximum Gasteiger partial charge on any atom is 0.264 e. The highest BCUT2D eigenvalue weighted by Crippen LogP contribution is 2.54. The van der Waals surface area contributed by atoms with Gasteiger partial charge in [-0.1, -0.05) is 36.7 Å². The first-order chi connectivity index (χ1) is 27.5. The number of carbonyl (C=O) groups is 1. The number of hydrogen-bond acceptors (Lipinski definition) is 10. The minimum absolute atomic E-state index is 0.196. The van der Waals surface area contributed by atoms with E-state index in [4.69, 9.17) is 25.8 Å². The van der Waals surface area contributed by atoms with E-state index < -0.39 is 26.8 Å². The van der Waals surface area contributed by atoms with Gasteiger partial charge >= 0.3 is 0 Å². The molecule has 6 atom stereocenters. The number of anilines is 1. The van der Waals surface area contributed by atoms with Crippen LogP contribution in [-0.2, 0) is 31.3 Å². The second-order valence-corrected chi connectivity index (χ2v) is 22.7. The van der Waals surface area contributed by atoms with Crippen LogP contribution in [0.2, 0.25) is 5.02 Å². The zero-order chi connectivity index (χ0) is 39.8. The van der Waals surface area contributed by atoms with Crippen LogP contribution in [-0.4, -0.2) is 93.4 Å². The SMILES string of the molecule is C1CC2(CCN1)CCO2.CO[C@@]1(C2SCCCS2)/C=C/C[C@H](C)[C@@H](C)S(=O)(=O)NC(=O)c2ccc3c(c2)N(C[C@@H]2CC[C@H]21)C[C@@]1(CCCc2cc(Cl)ccc21)CO3. The van der Waals surface area contributed by atoms with Crippen molar-refractivity contribution in [1.29, 1.82) is 0 Å². The van der Waals surface area contributed by atoms with Gasteiger partial charge in [-0.25, -0.2) is 13.1 Å². The first-order valence-electron chi connectivity index (χ1n) is 21.1. The number of halogens is 1. The molecule has 2 aromatic rings. The van der Waals surface area contributed by atoms with E-state index in [0.29, 0.717) is 36.0 Å². The summed E-state index contributed by atoms with van der Waals surface area (Å²) in [6.45, 7) is 8.99. The number of thioether (sulfide) groups is 2. The molecular formula is C44H60ClN3O6S3. The predicted molar refractivity (Wildman–Crippen MR) is 234 cm³/mol. The van der Waals surface area contributed by atoms with Gasteiger partial charge in [-0.05, 0) is 155 Å². The molecule has 5 heterocycles. The van der Waals surface area contributed by atoms with E-state index in [9.17, 15) is 13.2 Å². The lowest BCUT2D eigenvalue weighted by atomic mass is 9.64. The lowest BCUT2D eigenvalue weighted by Gasteiger charge is -2.53. The van der Waals surface area contributed by atoms with Crippen LogP contribution in [0.25, 0.3) is 0 Å². The lowest BCUT2D eigenvalue weighted by Crippen LogP contribution is -2.56. The molecule has 0 radical (unpaired) electrons. The summed E-state index contributed by atoms with van der Waals surface area (Å²) in [6.07, 6.45) is 15.2. The van der Waals surface area contributed by atoms with Crippen LogP contribution in [0.1, 0.15) is 93.1 Å². The monoisotopic (exact) mass is 857 g/mol. The van der Waals surface area contributed by atoms with Gasteiger partial charge in [0.15, 0.2) is 0 Å². The molecule has 312 valence electrons. The van der Waals surface area contributed by atoms with Crippen molar-refractivity contribution in [3.05, 3.63) is 70.3 Å². The Morgan fingerprint density at radius 3 is 2.47 bits per heavy atom. The Morgan fingerprint density at radius 1 is 1.00 bits per heavy atom. The standard InChI is InChI=1S/C37H47ClN2O5S3.C7H13NO/c1-24-7-4-16-37(44-3,35-46-17-6-18-47-35)31-12-9-28(31)21-40-22-36(15-5-8-26-19-29(38)11-13-30(26)36)23-45-33-14-10-27(20-32(33)40)34(41)39-48(42,43)25(24)2;1-4-8-5-2-7(1)3-6-9-7/h4,10-11,13-14,16,19-20,24-25,28,31,35H,5-9,12,15,17-18,21-23H2,1-3H3,(H,39,41);8H,1-6H2/b16-4+;/t24-,25+,28-,31+,36-,37-;/m0./s1. The molecule has 2 aromatic carbocycles. The third-order valence-corrected chi connectivity index (χ3v) is 19.5. The fourth-order valence-electron chi connectivity index (χ4n) is 10.3. The molecular weight excluding hydrogens is 798 g/mol. The zero-order valence-electron chi connectivity index (χ0n) is 33.7. The van der Waals surface area contributed by atoms with E-state index in [1.165, 1.54) is 36.8 Å². The number of methoxy groups -OCH3 is 1. The van der Waals surface area contributed by atoms with Gasteiger partial charge < -0.3 is 24.4 Å². The smallest absolute Gasteiger partial charge is 0.264 e. The van der Waals surface area contributed by atoms with Gasteiger partial charge in [-0.3, -0.25) is 4.79 Å². The number of carbonyl (C=O) groups excluding carboxylic acids is 1. The Labute approximate surface area is 353 Å². The first kappa shape index (κ1) is 41.8. The molecule has 4 fully saturated rings. The molecule has 9 rings (SSSR count). The number of nitrogens with one attached hydrogen (secondary N) is 2. The van der Waals surface area contributed by atoms with Crippen LogP contribution in [0.4, 0.5) is 5.69 Å². The summed E-state index contributed by atoms with van der Waals surface area (Å²) < 4.78 is 48.5. The van der Waals surface area contributed by atoms with Crippen LogP contribution in [0.3, 0.4) is 0 Å². The molecule has 57 heavy (non-hydrogen) atoms. The number of sulfonamides is 1. The number of hydrogen-bond donors (Lipinski definition) is 2. The molecule has 2 aliphatic carbocycles. The maximum atomic E-state index is 13.6. The van der Waals surface area contributed by atoms with Gasteiger partial charge in [0.05, 0.1) is 34.3 Å². The fourth-order valence-corrected chi connectivity index (χ4v) is 15.2. The van der Waals surface area contributed by atoms with Crippen LogP contribution < -0.4 is 19.7 Å². The molecule has 7 aliphatic rings. The average Bonchev–Trinajstić information content (AvgIpc) is 3.35. The summed E-state index contributed by atoms with van der Waals surface area (Å²) in [6, 6.07) is 11.7. The van der Waals surface area contributed by atoms with Crippen molar-refractivity contribution < 1.29 is 27.4 Å². The van der Waals surface area contributed by atoms with Crippen LogP contribution >= 0.6 is 35.1 Å². The number of piperidine rings is 1. The molecule has 0 aromatic heterocycles. The predicted octanol–water partition coefficient (Wildman–Crippen LogP) is 7.99. The van der Waals surface area contributed by atoms with Gasteiger partial charge in [0.25, 0.3) is 5.91 Å². The van der Waals surface area contributed by atoms with E-state index in [1.54, 1.807) is 13.0 Å². The molecule has 1 amide bonds. The number of rotatable bonds is 2. The average molecular weight is 859 g/mol. The van der Waals surface area contributed by atoms with E-state index in [1.807, 2.05) is 55.8 Å². The maximum absolute atomic E-state index is 13.6. The second-order valence-electron chi connectivity index (χ2n) is 17.5. The van der Waals surface area contributed by atoms with Crippen molar-refractivity contribution >= 4 is 56.7 Å². The Kier molecular flexibility index (Phi) is 12.6. The second kappa shape index (κ2) is 17.2. The minimum Gasteiger partial charge on any atom is -0.490 e. The largest absolute Gasteiger partial charge is 0.490 e. The molecule has 1 saturated carbocycles. The van der Waals surface area contributed by atoms with Gasteiger partial charge in [0, 0.05) is 36.2 Å². The van der Waals surface area contributed by atoms with Crippen molar-refractivity contribution in [1.82, 2.24) is 10.0 Å². The molecule has 5 aliphatic heterocycles. The molecule has 2 spiro atoms. The molecule has 2 bridgehead atoms. The quantitative estimate of drug-likeness (QED) is 0.289. The fraction of sp³-hybridized carbons (Fsp3) is 0.659. The van der Waals surface area contributed by atoms with Crippen LogP contribution in [0, 0.1) is 17.8 Å². The summed E-state index contributed by atoms with van der Waals surface area (Å²) in [5.41, 5.74) is 3.35. The summed E-state index contributed by atoms with van der Waals surface area (Å²) in [5.74, 6) is 2.83. The minimum atomic E-state index is -3.93. The van der Waals surface area contributed by atoms with Crippen LogP contribution in [0.15, 0.2) is 48.6 Å². The van der Waals surface area contributed by atoms with Crippen molar-refractivity contribution in [2.45, 2.75) is 105 Å². The molecule has 9 nitrogen and oxygen atoms in total. The number of benzene rings is 2. The Bertz CT molecular complexity index is 1910. The van der Waals surface area contributed by atoms with Gasteiger partial charge in [-0.15, -0.1) is 23.5 Å². The lowest BCUT2D eigenvalue weighted by molar-refractivity contribution is -0.160. The number of fused-ring (bicyclic) bond motifs is 4. The molecule has 2 N–H and O–H groups in total. The number of amides is 1. The summed E-state index contributed by atoms with van der Waals surface area (Å²) in [4.78, 5) is 16.0. The highest BCUT2D eigenvalue weighted by molar-refractivity contribution is 8.17. The molecule has 13 heteroatoms. The van der Waals surface area contributed by atoms with Crippen molar-refractivity contribution in [3.8, 4) is 5.75 Å². The molecule has 0 unspecified atom stereocenters. The van der Waals surface area contributed by atoms with Gasteiger partial charge in [0.1, 0.15) is 11.4 Å². The van der Waals surface area contributed by atoms with E-state index in [0.717, 1.165) is 92.9 Å². The number of allylic oxidation sites excluding steroid dienone is 1. The normalized spacial score (nSPS) is 34.1. The van der Waals surface area contributed by atoms with Crippen molar-refractivity contribution in [2.24, 2.45) is 17.8 Å². The van der Waals surface area contributed by atoms with Gasteiger partial charge in [-0.2, -0.15) is 0 Å². The third-order valence-electron chi connectivity index (χ3n) is 14.2. The van der Waals surface area contributed by atoms with Gasteiger partial charge in [0.2, 0.25) is 10.0 Å². The van der Waals surface area contributed by atoms with E-state index in [2.05, 4.69) is 39.2 Å². The number of nitrogens with zero attached hydrogens (tertiary/aromatic N) is 1. The summed E-state index contributed by atoms with van der Waals surface area (Å²) in [7, 11) is -2.07. The third kappa shape index (κ3) is 8.40. The Balaban J connectivity index is 0.000000441. The first-order valence-corrected chi connectivity index (χ1v) is 25.2. The topological polar surface area (TPSA) is 106 Å². The highest BCUT2D eigenvalue weighted by atomic mass is 35.5. The zero-order valence-corrected chi connectivity index (χ0v) is 36.9.